The number of aryl methyl sites for hydroxylation is 2. The van der Waals surface area contributed by atoms with Crippen LogP contribution in [-0.2, 0) is 12.8 Å². The van der Waals surface area contributed by atoms with Crippen molar-refractivity contribution in [2.24, 2.45) is 0 Å². The molecule has 2 heteroatoms. The lowest BCUT2D eigenvalue weighted by Gasteiger charge is -2.38. The molecule has 188 valence electrons. The van der Waals surface area contributed by atoms with Crippen LogP contribution in [0.5, 0.6) is 0 Å². The van der Waals surface area contributed by atoms with Crippen LogP contribution >= 0.6 is 15.9 Å². The summed E-state index contributed by atoms with van der Waals surface area (Å²) in [5.41, 5.74) is 12.1. The van der Waals surface area contributed by atoms with Gasteiger partial charge in [-0.3, -0.25) is 0 Å². The van der Waals surface area contributed by atoms with Crippen LogP contribution < -0.4 is 0 Å². The van der Waals surface area contributed by atoms with E-state index in [1.165, 1.54) is 47.9 Å². The average Bonchev–Trinajstić information content (AvgIpc) is 2.81. The molecule has 0 saturated carbocycles. The van der Waals surface area contributed by atoms with Crippen molar-refractivity contribution in [2.75, 3.05) is 0 Å². The molecule has 0 aliphatic rings. The first-order valence-electron chi connectivity index (χ1n) is 13.6. The van der Waals surface area contributed by atoms with Gasteiger partial charge in [0.2, 0.25) is 0 Å². The van der Waals surface area contributed by atoms with E-state index < -0.39 is 8.07 Å². The van der Waals surface area contributed by atoms with Crippen LogP contribution in [0.4, 0.5) is 0 Å². The second-order valence-electron chi connectivity index (χ2n) is 10.8. The van der Waals surface area contributed by atoms with E-state index in [1.807, 2.05) is 0 Å². The maximum absolute atomic E-state index is 3.98. The molecule has 0 aliphatic carbocycles. The highest BCUT2D eigenvalue weighted by atomic mass is 79.9. The van der Waals surface area contributed by atoms with Crippen molar-refractivity contribution < 1.29 is 0 Å². The molecule has 0 atom stereocenters. The molecule has 0 fully saturated rings. The molecule has 0 heterocycles. The van der Waals surface area contributed by atoms with E-state index in [2.05, 4.69) is 131 Å². The van der Waals surface area contributed by atoms with Crippen LogP contribution in [-0.4, -0.2) is 8.07 Å². The maximum atomic E-state index is 3.98. The van der Waals surface area contributed by atoms with Gasteiger partial charge in [0.1, 0.15) is 8.07 Å². The number of unbranched alkanes of at least 4 members (excludes halogenated alkanes) is 2. The van der Waals surface area contributed by atoms with Gasteiger partial charge in [0.25, 0.3) is 0 Å². The summed E-state index contributed by atoms with van der Waals surface area (Å²) in [5.74, 6) is 10.7. The molecule has 35 heavy (non-hydrogen) atoms. The van der Waals surface area contributed by atoms with E-state index >= 15 is 0 Å². The smallest absolute Gasteiger partial charge is 0.125 e. The van der Waals surface area contributed by atoms with Crippen LogP contribution in [0.2, 0.25) is 16.6 Å². The zero-order valence-corrected chi connectivity index (χ0v) is 25.9. The third-order valence-corrected chi connectivity index (χ3v) is 14.2. The lowest BCUT2D eigenvalue weighted by molar-refractivity contribution is 0.783. The molecule has 2 aromatic carbocycles. The third-order valence-electron chi connectivity index (χ3n) is 7.39. The van der Waals surface area contributed by atoms with Crippen molar-refractivity contribution in [1.29, 1.82) is 0 Å². The van der Waals surface area contributed by atoms with E-state index in [0.717, 1.165) is 22.9 Å². The highest BCUT2D eigenvalue weighted by Crippen LogP contribution is 2.41. The molecule has 2 rings (SSSR count). The van der Waals surface area contributed by atoms with Crippen molar-refractivity contribution in [1.82, 2.24) is 0 Å². The van der Waals surface area contributed by atoms with Crippen molar-refractivity contribution in [3.05, 3.63) is 68.7 Å². The molecular formula is C33H45BrSi. The largest absolute Gasteiger partial charge is 0.146 e. The molecule has 0 aromatic heterocycles. The van der Waals surface area contributed by atoms with E-state index in [-0.39, 0.29) is 0 Å². The molecule has 0 nitrogen and oxygen atoms in total. The number of halogens is 1. The third kappa shape index (κ3) is 7.87. The predicted octanol–water partition coefficient (Wildman–Crippen LogP) is 10.1. The van der Waals surface area contributed by atoms with Crippen LogP contribution in [0, 0.1) is 23.3 Å². The Hall–Kier alpha value is -1.74. The Balaban J connectivity index is 2.66. The van der Waals surface area contributed by atoms with Gasteiger partial charge >= 0.3 is 0 Å². The maximum Gasteiger partial charge on any atom is 0.146 e. The van der Waals surface area contributed by atoms with Gasteiger partial charge in [0.15, 0.2) is 0 Å². The molecular weight excluding hydrogens is 504 g/mol. The van der Waals surface area contributed by atoms with Crippen LogP contribution in [0.25, 0.3) is 0 Å². The summed E-state index contributed by atoms with van der Waals surface area (Å²) in [4.78, 5) is 0. The number of hydrogen-bond donors (Lipinski definition) is 0. The predicted molar refractivity (Wildman–Crippen MR) is 162 cm³/mol. The summed E-state index contributed by atoms with van der Waals surface area (Å²) in [7, 11) is -1.78. The first-order chi connectivity index (χ1) is 16.6. The number of hydrogen-bond acceptors (Lipinski definition) is 0. The molecule has 0 bridgehead atoms. The summed E-state index contributed by atoms with van der Waals surface area (Å²) in [6, 6.07) is 13.0. The van der Waals surface area contributed by atoms with Crippen LogP contribution in [0.1, 0.15) is 109 Å². The standard InChI is InChI=1S/C33H45BrSi/c1-9-11-13-29-24-32(21-22-35(25(3)4,26(5)6)27(7)8)30(14-12-10-2)23-31(29)18-15-28-16-19-33(34)20-17-28/h16-17,19-20,23-27H,9-14H2,1-8H3. The Morgan fingerprint density at radius 3 is 1.57 bits per heavy atom. The molecule has 0 unspecified atom stereocenters. The van der Waals surface area contributed by atoms with Crippen LogP contribution in [0.3, 0.4) is 0 Å². The fourth-order valence-corrected chi connectivity index (χ4v) is 10.8. The Morgan fingerprint density at radius 1 is 0.686 bits per heavy atom. The lowest BCUT2D eigenvalue weighted by Crippen LogP contribution is -2.43. The van der Waals surface area contributed by atoms with Crippen molar-refractivity contribution in [3.8, 4) is 23.3 Å². The van der Waals surface area contributed by atoms with Crippen molar-refractivity contribution >= 4 is 24.0 Å². The van der Waals surface area contributed by atoms with Gasteiger partial charge < -0.3 is 0 Å². The van der Waals surface area contributed by atoms with Crippen molar-refractivity contribution in [2.45, 2.75) is 111 Å². The average molecular weight is 550 g/mol. The second kappa shape index (κ2) is 14.1. The second-order valence-corrected chi connectivity index (χ2v) is 17.3. The number of benzene rings is 2. The highest BCUT2D eigenvalue weighted by Gasteiger charge is 2.41. The Labute approximate surface area is 225 Å². The minimum Gasteiger partial charge on any atom is -0.125 e. The van der Waals surface area contributed by atoms with Crippen molar-refractivity contribution in [3.63, 3.8) is 0 Å². The Morgan fingerprint density at radius 2 is 1.14 bits per heavy atom. The summed E-state index contributed by atoms with van der Waals surface area (Å²) in [5, 5.41) is 0. The topological polar surface area (TPSA) is 0 Å². The summed E-state index contributed by atoms with van der Waals surface area (Å²) in [6.45, 7) is 18.9. The molecule has 0 N–H and O–H groups in total. The van der Waals surface area contributed by atoms with Crippen LogP contribution in [0.15, 0.2) is 40.9 Å². The molecule has 0 amide bonds. The molecule has 0 radical (unpaired) electrons. The number of rotatable bonds is 9. The Kier molecular flexibility index (Phi) is 11.9. The van der Waals surface area contributed by atoms with Gasteiger partial charge in [-0.15, -0.1) is 5.54 Å². The zero-order chi connectivity index (χ0) is 26.0. The zero-order valence-electron chi connectivity index (χ0n) is 23.3. The first kappa shape index (κ1) is 29.5. The Bertz CT molecular complexity index is 1050. The quantitative estimate of drug-likeness (QED) is 0.216. The summed E-state index contributed by atoms with van der Waals surface area (Å²) < 4.78 is 1.08. The highest BCUT2D eigenvalue weighted by molar-refractivity contribution is 9.10. The molecule has 2 aromatic rings. The van der Waals surface area contributed by atoms with Gasteiger partial charge in [-0.1, -0.05) is 102 Å². The van der Waals surface area contributed by atoms with E-state index in [1.54, 1.807) is 0 Å². The fourth-order valence-electron chi connectivity index (χ4n) is 5.35. The normalized spacial score (nSPS) is 11.4. The van der Waals surface area contributed by atoms with Gasteiger partial charge in [0, 0.05) is 21.2 Å². The minimum atomic E-state index is -1.78. The fraction of sp³-hybridized carbons (Fsp3) is 0.515. The van der Waals surface area contributed by atoms with Gasteiger partial charge in [0.05, 0.1) is 0 Å². The lowest BCUT2D eigenvalue weighted by atomic mass is 9.93. The molecule has 0 aliphatic heterocycles. The summed E-state index contributed by atoms with van der Waals surface area (Å²) >= 11 is 3.52. The van der Waals surface area contributed by atoms with Gasteiger partial charge in [-0.25, -0.2) is 0 Å². The van der Waals surface area contributed by atoms with Gasteiger partial charge in [-0.2, -0.15) is 0 Å². The molecule has 0 saturated heterocycles. The van der Waals surface area contributed by atoms with E-state index in [4.69, 9.17) is 0 Å². The summed E-state index contributed by atoms with van der Waals surface area (Å²) in [6.07, 6.45) is 6.86. The minimum absolute atomic E-state index is 0.643. The SMILES string of the molecule is CCCCc1cc(C#C[Si](C(C)C)(C(C)C)C(C)C)c(CCCC)cc1C#Cc1ccc(Br)cc1. The van der Waals surface area contributed by atoms with E-state index in [9.17, 15) is 0 Å². The van der Waals surface area contributed by atoms with E-state index in [0.29, 0.717) is 16.6 Å². The van der Waals surface area contributed by atoms with Gasteiger partial charge in [-0.05, 0) is 89.8 Å². The first-order valence-corrected chi connectivity index (χ1v) is 16.6. The monoisotopic (exact) mass is 548 g/mol. The molecule has 0 spiro atoms.